The molecule has 1 aliphatic rings. The summed E-state index contributed by atoms with van der Waals surface area (Å²) in [5, 5.41) is 20.1. The predicted octanol–water partition coefficient (Wildman–Crippen LogP) is 0.830. The minimum Gasteiger partial charge on any atom is -0.477 e. The van der Waals surface area contributed by atoms with E-state index in [1.54, 1.807) is 4.90 Å². The van der Waals surface area contributed by atoms with Gasteiger partial charge in [0.05, 0.1) is 4.92 Å². The average molecular weight is 280 g/mol. The van der Waals surface area contributed by atoms with Crippen LogP contribution in [0.4, 0.5) is 11.5 Å². The zero-order valence-electron chi connectivity index (χ0n) is 11.2. The quantitative estimate of drug-likeness (QED) is 0.646. The van der Waals surface area contributed by atoms with E-state index in [0.29, 0.717) is 13.1 Å². The summed E-state index contributed by atoms with van der Waals surface area (Å²) in [6, 6.07) is 2.37. The van der Waals surface area contributed by atoms with Crippen molar-refractivity contribution >= 4 is 17.5 Å². The van der Waals surface area contributed by atoms with Crippen LogP contribution in [0.1, 0.15) is 16.9 Å². The molecule has 8 nitrogen and oxygen atoms in total. The van der Waals surface area contributed by atoms with Gasteiger partial charge in [-0.25, -0.2) is 9.78 Å². The van der Waals surface area contributed by atoms with Crippen molar-refractivity contribution in [1.82, 2.24) is 9.88 Å². The van der Waals surface area contributed by atoms with Crippen LogP contribution in [0.15, 0.2) is 12.1 Å². The van der Waals surface area contributed by atoms with Crippen molar-refractivity contribution in [3.8, 4) is 0 Å². The van der Waals surface area contributed by atoms with Crippen molar-refractivity contribution in [3.05, 3.63) is 27.9 Å². The van der Waals surface area contributed by atoms with E-state index in [1.165, 1.54) is 6.07 Å². The first-order valence-corrected chi connectivity index (χ1v) is 6.31. The van der Waals surface area contributed by atoms with E-state index in [4.69, 9.17) is 5.11 Å². The number of carboxylic acid groups (broad SMARTS) is 1. The van der Waals surface area contributed by atoms with Crippen LogP contribution in [0, 0.1) is 10.1 Å². The highest BCUT2D eigenvalue weighted by atomic mass is 16.6. The molecule has 1 aromatic rings. The van der Waals surface area contributed by atoms with Crippen LogP contribution >= 0.6 is 0 Å². The fourth-order valence-corrected chi connectivity index (χ4v) is 2.19. The van der Waals surface area contributed by atoms with Crippen LogP contribution in [0.5, 0.6) is 0 Å². The molecule has 0 aliphatic carbocycles. The monoisotopic (exact) mass is 280 g/mol. The van der Waals surface area contributed by atoms with E-state index in [2.05, 4.69) is 9.88 Å². The zero-order valence-corrected chi connectivity index (χ0v) is 11.2. The van der Waals surface area contributed by atoms with Crippen LogP contribution in [-0.2, 0) is 0 Å². The Hall–Kier alpha value is -2.22. The molecule has 108 valence electrons. The van der Waals surface area contributed by atoms with Gasteiger partial charge in [0.1, 0.15) is 0 Å². The maximum absolute atomic E-state index is 11.1. The van der Waals surface area contributed by atoms with Gasteiger partial charge in [-0.05, 0) is 26.1 Å². The fourth-order valence-electron chi connectivity index (χ4n) is 2.19. The van der Waals surface area contributed by atoms with Crippen molar-refractivity contribution in [2.45, 2.75) is 6.42 Å². The molecule has 0 saturated carbocycles. The number of hydrogen-bond donors (Lipinski definition) is 1. The van der Waals surface area contributed by atoms with Crippen molar-refractivity contribution < 1.29 is 14.8 Å². The molecule has 0 amide bonds. The van der Waals surface area contributed by atoms with Crippen molar-refractivity contribution in [3.63, 3.8) is 0 Å². The third-order valence-corrected chi connectivity index (χ3v) is 3.29. The Labute approximate surface area is 115 Å². The molecule has 2 rings (SSSR count). The molecule has 1 fully saturated rings. The summed E-state index contributed by atoms with van der Waals surface area (Å²) in [7, 11) is 1.99. The van der Waals surface area contributed by atoms with E-state index in [-0.39, 0.29) is 17.2 Å². The fraction of sp³-hybridized carbons (Fsp3) is 0.500. The third-order valence-electron chi connectivity index (χ3n) is 3.29. The van der Waals surface area contributed by atoms with Crippen LogP contribution in [0.3, 0.4) is 0 Å². The number of aromatic nitrogens is 1. The van der Waals surface area contributed by atoms with E-state index in [0.717, 1.165) is 25.6 Å². The van der Waals surface area contributed by atoms with Crippen LogP contribution < -0.4 is 4.90 Å². The minimum atomic E-state index is -1.19. The summed E-state index contributed by atoms with van der Waals surface area (Å²) in [5.74, 6) is -1.04. The number of carbonyl (C=O) groups is 1. The second-order valence-electron chi connectivity index (χ2n) is 4.75. The Balaban J connectivity index is 2.38. The number of hydrogen-bond acceptors (Lipinski definition) is 6. The maximum Gasteiger partial charge on any atom is 0.354 e. The van der Waals surface area contributed by atoms with Gasteiger partial charge in [0.2, 0.25) is 5.82 Å². The molecular weight excluding hydrogens is 264 g/mol. The topological polar surface area (TPSA) is 99.8 Å². The average Bonchev–Trinajstić information content (AvgIpc) is 2.62. The minimum absolute atomic E-state index is 0.144. The molecule has 1 aromatic heterocycles. The highest BCUT2D eigenvalue weighted by molar-refractivity contribution is 5.86. The Morgan fingerprint density at radius 2 is 2.10 bits per heavy atom. The maximum atomic E-state index is 11.1. The molecule has 0 atom stereocenters. The van der Waals surface area contributed by atoms with Crippen LogP contribution in [-0.4, -0.2) is 59.1 Å². The molecule has 1 saturated heterocycles. The highest BCUT2D eigenvalue weighted by Crippen LogP contribution is 2.27. The van der Waals surface area contributed by atoms with Gasteiger partial charge in [0, 0.05) is 25.7 Å². The van der Waals surface area contributed by atoms with Gasteiger partial charge in [0.15, 0.2) is 5.69 Å². The number of aromatic carboxylic acids is 1. The van der Waals surface area contributed by atoms with Gasteiger partial charge in [-0.15, -0.1) is 0 Å². The zero-order chi connectivity index (χ0) is 14.7. The largest absolute Gasteiger partial charge is 0.477 e. The number of likely N-dealkylation sites (N-methyl/N-ethyl adjacent to an activating group) is 1. The van der Waals surface area contributed by atoms with E-state index < -0.39 is 10.9 Å². The van der Waals surface area contributed by atoms with Crippen LogP contribution in [0.25, 0.3) is 0 Å². The first-order chi connectivity index (χ1) is 9.49. The van der Waals surface area contributed by atoms with Gasteiger partial charge in [-0.2, -0.15) is 0 Å². The lowest BCUT2D eigenvalue weighted by molar-refractivity contribution is -0.384. The molecule has 1 N–H and O–H groups in total. The van der Waals surface area contributed by atoms with Crippen molar-refractivity contribution in [1.29, 1.82) is 0 Å². The summed E-state index contributed by atoms with van der Waals surface area (Å²) < 4.78 is 0. The lowest BCUT2D eigenvalue weighted by atomic mass is 10.3. The van der Waals surface area contributed by atoms with Crippen LogP contribution in [0.2, 0.25) is 0 Å². The molecule has 0 aromatic carbocycles. The normalized spacial score (nSPS) is 16.8. The Morgan fingerprint density at radius 3 is 2.75 bits per heavy atom. The first-order valence-electron chi connectivity index (χ1n) is 6.31. The summed E-state index contributed by atoms with van der Waals surface area (Å²) in [5.41, 5.74) is -0.331. The van der Waals surface area contributed by atoms with Gasteiger partial charge in [-0.1, -0.05) is 0 Å². The molecule has 8 heteroatoms. The Bertz CT molecular complexity index is 534. The third kappa shape index (κ3) is 3.02. The van der Waals surface area contributed by atoms with Gasteiger partial charge < -0.3 is 14.9 Å². The molecule has 0 bridgehead atoms. The summed E-state index contributed by atoms with van der Waals surface area (Å²) in [6.45, 7) is 2.88. The molecule has 0 spiro atoms. The molecule has 1 aliphatic heterocycles. The lowest BCUT2D eigenvalue weighted by Crippen LogP contribution is -2.30. The number of carboxylic acids is 1. The Kier molecular flexibility index (Phi) is 4.14. The van der Waals surface area contributed by atoms with Gasteiger partial charge >= 0.3 is 11.7 Å². The number of nitro groups is 1. The Morgan fingerprint density at radius 1 is 1.35 bits per heavy atom. The first kappa shape index (κ1) is 14.2. The van der Waals surface area contributed by atoms with Crippen molar-refractivity contribution in [2.24, 2.45) is 0 Å². The van der Waals surface area contributed by atoms with Crippen molar-refractivity contribution in [2.75, 3.05) is 38.1 Å². The van der Waals surface area contributed by atoms with E-state index >= 15 is 0 Å². The summed E-state index contributed by atoms with van der Waals surface area (Å²) in [4.78, 5) is 29.4. The second kappa shape index (κ2) is 5.83. The second-order valence-corrected chi connectivity index (χ2v) is 4.75. The van der Waals surface area contributed by atoms with Gasteiger partial charge in [0.25, 0.3) is 0 Å². The summed E-state index contributed by atoms with van der Waals surface area (Å²) >= 11 is 0. The lowest BCUT2D eigenvalue weighted by Gasteiger charge is -2.21. The number of anilines is 1. The SMILES string of the molecule is CN1CCCN(c2nc(C(=O)O)ccc2[N+](=O)[O-])CC1. The standard InChI is InChI=1S/C12H16N4O4/c1-14-5-2-6-15(8-7-14)11-10(16(19)20)4-3-9(13-11)12(17)18/h3-4H,2,5-8H2,1H3,(H,17,18). The molecular formula is C12H16N4O4. The van der Waals surface area contributed by atoms with E-state index in [1.807, 2.05) is 7.05 Å². The van der Waals surface area contributed by atoms with Gasteiger partial charge in [-0.3, -0.25) is 10.1 Å². The highest BCUT2D eigenvalue weighted by Gasteiger charge is 2.24. The number of pyridine rings is 1. The number of rotatable bonds is 3. The predicted molar refractivity (Wildman–Crippen MR) is 72.2 cm³/mol. The van der Waals surface area contributed by atoms with E-state index in [9.17, 15) is 14.9 Å². The summed E-state index contributed by atoms with van der Waals surface area (Å²) in [6.07, 6.45) is 0.854. The number of nitrogens with zero attached hydrogens (tertiary/aromatic N) is 4. The smallest absolute Gasteiger partial charge is 0.354 e. The molecule has 0 unspecified atom stereocenters. The molecule has 2 heterocycles. The molecule has 0 radical (unpaired) electrons. The molecule has 20 heavy (non-hydrogen) atoms.